The van der Waals surface area contributed by atoms with Gasteiger partial charge >= 0.3 is 0 Å². The molecule has 1 rings (SSSR count). The second-order valence-electron chi connectivity index (χ2n) is 4.50. The number of thioether (sulfide) groups is 1. The van der Waals surface area contributed by atoms with Gasteiger partial charge in [0.25, 0.3) is 5.91 Å². The van der Waals surface area contributed by atoms with Crippen LogP contribution in [-0.2, 0) is 0 Å². The second kappa shape index (κ2) is 8.49. The molecule has 1 unspecified atom stereocenters. The zero-order valence-corrected chi connectivity index (χ0v) is 13.4. The molecule has 0 saturated heterocycles. The zero-order chi connectivity index (χ0) is 14.3. The summed E-state index contributed by atoms with van der Waals surface area (Å²) in [5.74, 6) is 0.416. The van der Waals surface area contributed by atoms with Crippen LogP contribution < -0.4 is 5.32 Å². The largest absolute Gasteiger partial charge is 0.351 e. The maximum Gasteiger partial charge on any atom is 0.252 e. The van der Waals surface area contributed by atoms with Gasteiger partial charge < -0.3 is 5.32 Å². The van der Waals surface area contributed by atoms with Gasteiger partial charge in [-0.1, -0.05) is 38.8 Å². The standard InChI is InChI=1S/C15H22ClNOS/c1-4-11(5-2)13(16)10-17-15(18)12-8-6-7-9-14(12)19-3/h6-9,11,13H,4-5,10H2,1-3H3,(H,17,18). The molecule has 0 bridgehead atoms. The third-order valence-electron chi connectivity index (χ3n) is 3.37. The van der Waals surface area contributed by atoms with Gasteiger partial charge in [0.05, 0.1) is 10.9 Å². The molecule has 0 spiro atoms. The normalized spacial score (nSPS) is 12.5. The Morgan fingerprint density at radius 3 is 2.53 bits per heavy atom. The van der Waals surface area contributed by atoms with E-state index < -0.39 is 0 Å². The molecule has 1 atom stereocenters. The fourth-order valence-electron chi connectivity index (χ4n) is 2.08. The number of rotatable bonds is 7. The number of hydrogen-bond acceptors (Lipinski definition) is 2. The van der Waals surface area contributed by atoms with E-state index in [-0.39, 0.29) is 11.3 Å². The van der Waals surface area contributed by atoms with E-state index in [0.29, 0.717) is 12.5 Å². The quantitative estimate of drug-likeness (QED) is 0.604. The molecule has 1 amide bonds. The smallest absolute Gasteiger partial charge is 0.252 e. The molecule has 0 aliphatic rings. The summed E-state index contributed by atoms with van der Waals surface area (Å²) in [6, 6.07) is 7.63. The van der Waals surface area contributed by atoms with Crippen LogP contribution in [0.15, 0.2) is 29.2 Å². The van der Waals surface area contributed by atoms with E-state index in [1.54, 1.807) is 11.8 Å². The monoisotopic (exact) mass is 299 g/mol. The van der Waals surface area contributed by atoms with Crippen LogP contribution in [0.5, 0.6) is 0 Å². The van der Waals surface area contributed by atoms with Gasteiger partial charge in [0, 0.05) is 11.4 Å². The Labute approximate surface area is 125 Å². The Kier molecular flexibility index (Phi) is 7.32. The molecular weight excluding hydrogens is 278 g/mol. The highest BCUT2D eigenvalue weighted by molar-refractivity contribution is 7.98. The van der Waals surface area contributed by atoms with Gasteiger partial charge in [-0.25, -0.2) is 0 Å². The van der Waals surface area contributed by atoms with Crippen molar-refractivity contribution in [3.63, 3.8) is 0 Å². The molecule has 0 aliphatic heterocycles. The van der Waals surface area contributed by atoms with E-state index in [1.807, 2.05) is 30.5 Å². The average molecular weight is 300 g/mol. The van der Waals surface area contributed by atoms with E-state index in [1.165, 1.54) is 0 Å². The van der Waals surface area contributed by atoms with E-state index in [4.69, 9.17) is 11.6 Å². The van der Waals surface area contributed by atoms with Gasteiger partial charge in [-0.15, -0.1) is 23.4 Å². The van der Waals surface area contributed by atoms with E-state index >= 15 is 0 Å². The van der Waals surface area contributed by atoms with Gasteiger partial charge in [0.1, 0.15) is 0 Å². The van der Waals surface area contributed by atoms with Crippen molar-refractivity contribution in [1.29, 1.82) is 0 Å². The highest BCUT2D eigenvalue weighted by Gasteiger charge is 2.17. The van der Waals surface area contributed by atoms with Crippen LogP contribution in [0.1, 0.15) is 37.0 Å². The van der Waals surface area contributed by atoms with Crippen molar-refractivity contribution in [1.82, 2.24) is 5.32 Å². The van der Waals surface area contributed by atoms with Crippen LogP contribution in [0.2, 0.25) is 0 Å². The SMILES string of the molecule is CCC(CC)C(Cl)CNC(=O)c1ccccc1SC. The van der Waals surface area contributed by atoms with Gasteiger partial charge in [-0.05, 0) is 24.3 Å². The fraction of sp³-hybridized carbons (Fsp3) is 0.533. The Balaban J connectivity index is 2.60. The van der Waals surface area contributed by atoms with Crippen LogP contribution in [0, 0.1) is 5.92 Å². The summed E-state index contributed by atoms with van der Waals surface area (Å²) in [7, 11) is 0. The molecule has 19 heavy (non-hydrogen) atoms. The molecular formula is C15H22ClNOS. The van der Waals surface area contributed by atoms with Crippen molar-refractivity contribution < 1.29 is 4.79 Å². The Morgan fingerprint density at radius 2 is 1.95 bits per heavy atom. The Hall–Kier alpha value is -0.670. The van der Waals surface area contributed by atoms with Crippen LogP contribution >= 0.6 is 23.4 Å². The lowest BCUT2D eigenvalue weighted by Crippen LogP contribution is -2.33. The average Bonchev–Trinajstić information content (AvgIpc) is 2.45. The van der Waals surface area contributed by atoms with Crippen LogP contribution in [0.25, 0.3) is 0 Å². The molecule has 4 heteroatoms. The maximum absolute atomic E-state index is 12.1. The lowest BCUT2D eigenvalue weighted by Gasteiger charge is -2.19. The molecule has 0 fully saturated rings. The number of carbonyl (C=O) groups excluding carboxylic acids is 1. The molecule has 0 heterocycles. The molecule has 0 saturated carbocycles. The number of halogens is 1. The van der Waals surface area contributed by atoms with Crippen molar-refractivity contribution >= 4 is 29.3 Å². The first-order valence-corrected chi connectivity index (χ1v) is 8.35. The number of hydrogen-bond donors (Lipinski definition) is 1. The van der Waals surface area contributed by atoms with Gasteiger partial charge in [-0.2, -0.15) is 0 Å². The molecule has 0 radical (unpaired) electrons. The Bertz CT molecular complexity index is 407. The third-order valence-corrected chi connectivity index (χ3v) is 4.68. The summed E-state index contributed by atoms with van der Waals surface area (Å²) < 4.78 is 0. The molecule has 1 aromatic rings. The number of amides is 1. The first kappa shape index (κ1) is 16.4. The third kappa shape index (κ3) is 4.73. The summed E-state index contributed by atoms with van der Waals surface area (Å²) in [6.45, 7) is 4.79. The zero-order valence-electron chi connectivity index (χ0n) is 11.8. The lowest BCUT2D eigenvalue weighted by atomic mass is 9.99. The summed E-state index contributed by atoms with van der Waals surface area (Å²) in [4.78, 5) is 13.1. The van der Waals surface area contributed by atoms with Gasteiger partial charge in [0.2, 0.25) is 0 Å². The van der Waals surface area contributed by atoms with Crippen molar-refractivity contribution in [2.45, 2.75) is 37.0 Å². The van der Waals surface area contributed by atoms with E-state index in [0.717, 1.165) is 23.3 Å². The first-order valence-electron chi connectivity index (χ1n) is 6.69. The predicted molar refractivity (Wildman–Crippen MR) is 84.3 cm³/mol. The summed E-state index contributed by atoms with van der Waals surface area (Å²) in [5, 5.41) is 2.94. The van der Waals surface area contributed by atoms with Crippen molar-refractivity contribution in [2.75, 3.05) is 12.8 Å². The maximum atomic E-state index is 12.1. The molecule has 1 N–H and O–H groups in total. The van der Waals surface area contributed by atoms with Crippen molar-refractivity contribution in [3.8, 4) is 0 Å². The van der Waals surface area contributed by atoms with Crippen molar-refractivity contribution in [2.24, 2.45) is 5.92 Å². The number of nitrogens with one attached hydrogen (secondary N) is 1. The summed E-state index contributed by atoms with van der Waals surface area (Å²) in [6.07, 6.45) is 4.06. The van der Waals surface area contributed by atoms with Crippen molar-refractivity contribution in [3.05, 3.63) is 29.8 Å². The Morgan fingerprint density at radius 1 is 1.32 bits per heavy atom. The van der Waals surface area contributed by atoms with E-state index in [9.17, 15) is 4.79 Å². The van der Waals surface area contributed by atoms with Crippen LogP contribution in [0.3, 0.4) is 0 Å². The molecule has 0 aliphatic carbocycles. The second-order valence-corrected chi connectivity index (χ2v) is 5.91. The topological polar surface area (TPSA) is 29.1 Å². The fourth-order valence-corrected chi connectivity index (χ4v) is 3.11. The molecule has 1 aromatic carbocycles. The molecule has 0 aromatic heterocycles. The molecule has 106 valence electrons. The lowest BCUT2D eigenvalue weighted by molar-refractivity contribution is 0.0948. The summed E-state index contributed by atoms with van der Waals surface area (Å²) >= 11 is 7.91. The molecule has 2 nitrogen and oxygen atoms in total. The highest BCUT2D eigenvalue weighted by atomic mass is 35.5. The van der Waals surface area contributed by atoms with Gasteiger partial charge in [-0.3, -0.25) is 4.79 Å². The minimum atomic E-state index is -0.0402. The summed E-state index contributed by atoms with van der Waals surface area (Å²) in [5.41, 5.74) is 0.725. The minimum absolute atomic E-state index is 0.000363. The first-order chi connectivity index (χ1) is 9.13. The van der Waals surface area contributed by atoms with Gasteiger partial charge in [0.15, 0.2) is 0 Å². The van der Waals surface area contributed by atoms with Crippen LogP contribution in [0.4, 0.5) is 0 Å². The minimum Gasteiger partial charge on any atom is -0.351 e. The number of alkyl halides is 1. The van der Waals surface area contributed by atoms with E-state index in [2.05, 4.69) is 19.2 Å². The number of benzene rings is 1. The van der Waals surface area contributed by atoms with Crippen LogP contribution in [-0.4, -0.2) is 24.1 Å². The predicted octanol–water partition coefficient (Wildman–Crippen LogP) is 4.18. The highest BCUT2D eigenvalue weighted by Crippen LogP contribution is 2.20. The number of carbonyl (C=O) groups is 1.